The molecule has 0 atom stereocenters. The van der Waals surface area contributed by atoms with Crippen LogP contribution in [0.5, 0.6) is 0 Å². The highest BCUT2D eigenvalue weighted by Gasteiger charge is 1.90. The Morgan fingerprint density at radius 1 is 1.20 bits per heavy atom. The first kappa shape index (κ1) is 9.48. The van der Waals surface area contributed by atoms with Crippen LogP contribution < -0.4 is 0 Å². The molecule has 0 unspecified atom stereocenters. The third-order valence-corrected chi connectivity index (χ3v) is 1.92. The van der Waals surface area contributed by atoms with Crippen molar-refractivity contribution in [3.8, 4) is 0 Å². The largest absolute Gasteiger partial charge is 0.0913 e. The Morgan fingerprint density at radius 2 is 1.80 bits per heavy atom. The summed E-state index contributed by atoms with van der Waals surface area (Å²) in [6.45, 7) is 8.68. The van der Waals surface area contributed by atoms with E-state index in [0.717, 1.165) is 6.42 Å². The zero-order valence-corrected chi connectivity index (χ0v) is 7.57. The first-order valence-corrected chi connectivity index (χ1v) is 3.98. The van der Waals surface area contributed by atoms with Gasteiger partial charge in [0.25, 0.3) is 0 Å². The van der Waals surface area contributed by atoms with Crippen molar-refractivity contribution >= 4 is 0 Å². The van der Waals surface area contributed by atoms with E-state index in [1.54, 1.807) is 0 Å². The zero-order chi connectivity index (χ0) is 7.98. The summed E-state index contributed by atoms with van der Waals surface area (Å²) in [5, 5.41) is 0. The van der Waals surface area contributed by atoms with E-state index in [9.17, 15) is 0 Å². The first-order valence-electron chi connectivity index (χ1n) is 3.98. The molecular weight excluding hydrogens is 120 g/mol. The molecule has 0 amide bonds. The number of allylic oxidation sites excluding steroid dienone is 4. The van der Waals surface area contributed by atoms with E-state index in [1.165, 1.54) is 17.6 Å². The highest BCUT2D eigenvalue weighted by molar-refractivity contribution is 5.12. The molecule has 0 aliphatic rings. The molecule has 0 fully saturated rings. The van der Waals surface area contributed by atoms with E-state index in [1.807, 2.05) is 0 Å². The molecule has 0 bridgehead atoms. The Labute approximate surface area is 64.6 Å². The molecule has 0 radical (unpaired) electrons. The van der Waals surface area contributed by atoms with E-state index in [0.29, 0.717) is 0 Å². The Bertz CT molecular complexity index is 138. The van der Waals surface area contributed by atoms with Gasteiger partial charge in [-0.1, -0.05) is 30.2 Å². The van der Waals surface area contributed by atoms with Crippen LogP contribution >= 0.6 is 0 Å². The van der Waals surface area contributed by atoms with Crippen molar-refractivity contribution in [3.63, 3.8) is 0 Å². The third-order valence-electron chi connectivity index (χ3n) is 1.92. The maximum Gasteiger partial charge on any atom is -0.0139 e. The summed E-state index contributed by atoms with van der Waals surface area (Å²) < 4.78 is 0. The summed E-state index contributed by atoms with van der Waals surface area (Å²) in [7, 11) is 0. The lowest BCUT2D eigenvalue weighted by molar-refractivity contribution is 1.02. The Balaban J connectivity index is 3.91. The van der Waals surface area contributed by atoms with Crippen LogP contribution in [-0.4, -0.2) is 0 Å². The van der Waals surface area contributed by atoms with Gasteiger partial charge in [-0.15, -0.1) is 0 Å². The molecule has 0 saturated carbocycles. The monoisotopic (exact) mass is 138 g/mol. The standard InChI is InChI=1S/C10H18/c1-5-7-8-10(4)9(3)6-2/h5,7H,6,8H2,1-4H3. The van der Waals surface area contributed by atoms with Gasteiger partial charge < -0.3 is 0 Å². The van der Waals surface area contributed by atoms with E-state index in [2.05, 4.69) is 39.8 Å². The van der Waals surface area contributed by atoms with Crippen molar-refractivity contribution in [3.05, 3.63) is 23.3 Å². The SMILES string of the molecule is CC=CCC(C)=C(C)CC. The van der Waals surface area contributed by atoms with Gasteiger partial charge in [0.05, 0.1) is 0 Å². The zero-order valence-electron chi connectivity index (χ0n) is 7.57. The van der Waals surface area contributed by atoms with Gasteiger partial charge >= 0.3 is 0 Å². The smallest absolute Gasteiger partial charge is 0.0139 e. The second-order valence-electron chi connectivity index (χ2n) is 2.69. The second-order valence-corrected chi connectivity index (χ2v) is 2.69. The minimum absolute atomic E-state index is 1.12. The molecule has 0 aromatic heterocycles. The number of rotatable bonds is 3. The molecule has 0 aliphatic carbocycles. The van der Waals surface area contributed by atoms with Crippen LogP contribution in [0.25, 0.3) is 0 Å². The lowest BCUT2D eigenvalue weighted by atomic mass is 10.1. The Kier molecular flexibility index (Phi) is 5.00. The molecule has 58 valence electrons. The topological polar surface area (TPSA) is 0 Å². The minimum atomic E-state index is 1.12. The van der Waals surface area contributed by atoms with Gasteiger partial charge in [-0.05, 0) is 33.6 Å². The summed E-state index contributed by atoms with van der Waals surface area (Å²) in [6, 6.07) is 0. The first-order chi connectivity index (χ1) is 4.72. The minimum Gasteiger partial charge on any atom is -0.0913 e. The van der Waals surface area contributed by atoms with Crippen LogP contribution in [0.1, 0.15) is 40.5 Å². The van der Waals surface area contributed by atoms with Crippen LogP contribution in [0.4, 0.5) is 0 Å². The van der Waals surface area contributed by atoms with Crippen molar-refractivity contribution in [1.29, 1.82) is 0 Å². The molecule has 0 rings (SSSR count). The van der Waals surface area contributed by atoms with Gasteiger partial charge in [0.1, 0.15) is 0 Å². The van der Waals surface area contributed by atoms with E-state index in [-0.39, 0.29) is 0 Å². The maximum atomic E-state index is 2.21. The average molecular weight is 138 g/mol. The molecule has 0 N–H and O–H groups in total. The van der Waals surface area contributed by atoms with Gasteiger partial charge in [0, 0.05) is 0 Å². The van der Waals surface area contributed by atoms with E-state index >= 15 is 0 Å². The summed E-state index contributed by atoms with van der Waals surface area (Å²) in [4.78, 5) is 0. The lowest BCUT2D eigenvalue weighted by Gasteiger charge is -2.00. The molecule has 0 spiro atoms. The van der Waals surface area contributed by atoms with Crippen LogP contribution in [-0.2, 0) is 0 Å². The maximum absolute atomic E-state index is 2.21. The molecule has 0 heterocycles. The Hall–Kier alpha value is -0.520. The number of hydrogen-bond donors (Lipinski definition) is 0. The molecule has 0 nitrogen and oxygen atoms in total. The molecule has 0 aromatic carbocycles. The van der Waals surface area contributed by atoms with Gasteiger partial charge in [-0.3, -0.25) is 0 Å². The van der Waals surface area contributed by atoms with Crippen LogP contribution in [0, 0.1) is 0 Å². The predicted octanol–water partition coefficient (Wildman–Crippen LogP) is 3.70. The van der Waals surface area contributed by atoms with Gasteiger partial charge in [0.2, 0.25) is 0 Å². The molecule has 0 heteroatoms. The fourth-order valence-electron chi connectivity index (χ4n) is 0.771. The van der Waals surface area contributed by atoms with Crippen molar-refractivity contribution in [2.24, 2.45) is 0 Å². The highest BCUT2D eigenvalue weighted by atomic mass is 14.0. The van der Waals surface area contributed by atoms with E-state index in [4.69, 9.17) is 0 Å². The average Bonchev–Trinajstić information content (AvgIpc) is 1.98. The van der Waals surface area contributed by atoms with Gasteiger partial charge in [0.15, 0.2) is 0 Å². The fraction of sp³-hybridized carbons (Fsp3) is 0.600. The fourth-order valence-corrected chi connectivity index (χ4v) is 0.771. The summed E-state index contributed by atoms with van der Waals surface area (Å²) in [5.41, 5.74) is 3.04. The highest BCUT2D eigenvalue weighted by Crippen LogP contribution is 2.10. The van der Waals surface area contributed by atoms with E-state index < -0.39 is 0 Å². The second kappa shape index (κ2) is 5.28. The van der Waals surface area contributed by atoms with Crippen LogP contribution in [0.15, 0.2) is 23.3 Å². The molecule has 0 aromatic rings. The lowest BCUT2D eigenvalue weighted by Crippen LogP contribution is -1.80. The molecule has 0 aliphatic heterocycles. The summed E-state index contributed by atoms with van der Waals surface area (Å²) in [6.07, 6.45) is 6.61. The van der Waals surface area contributed by atoms with Crippen molar-refractivity contribution in [2.75, 3.05) is 0 Å². The number of hydrogen-bond acceptors (Lipinski definition) is 0. The molecule has 10 heavy (non-hydrogen) atoms. The summed E-state index contributed by atoms with van der Waals surface area (Å²) in [5.74, 6) is 0. The Morgan fingerprint density at radius 3 is 2.20 bits per heavy atom. The molecule has 0 saturated heterocycles. The van der Waals surface area contributed by atoms with Crippen molar-refractivity contribution in [2.45, 2.75) is 40.5 Å². The van der Waals surface area contributed by atoms with Gasteiger partial charge in [-0.25, -0.2) is 0 Å². The normalized spacial score (nSPS) is 14.0. The van der Waals surface area contributed by atoms with Crippen molar-refractivity contribution < 1.29 is 0 Å². The third kappa shape index (κ3) is 3.49. The van der Waals surface area contributed by atoms with Crippen LogP contribution in [0.2, 0.25) is 0 Å². The van der Waals surface area contributed by atoms with Crippen LogP contribution in [0.3, 0.4) is 0 Å². The van der Waals surface area contributed by atoms with Crippen molar-refractivity contribution in [1.82, 2.24) is 0 Å². The van der Waals surface area contributed by atoms with Gasteiger partial charge in [-0.2, -0.15) is 0 Å². The quantitative estimate of drug-likeness (QED) is 0.522. The molecular formula is C10H18. The predicted molar refractivity (Wildman–Crippen MR) is 48.1 cm³/mol. The summed E-state index contributed by atoms with van der Waals surface area (Å²) >= 11 is 0.